The van der Waals surface area contributed by atoms with Crippen LogP contribution in [-0.2, 0) is 32.2 Å². The maximum Gasteiger partial charge on any atom is 0.490 e. The molecule has 0 spiro atoms. The predicted octanol–water partition coefficient (Wildman–Crippen LogP) is 7.82. The summed E-state index contributed by atoms with van der Waals surface area (Å²) in [6, 6.07) is 31.6. The van der Waals surface area contributed by atoms with E-state index in [-0.39, 0.29) is 72.7 Å². The molecule has 6 aromatic rings. The highest BCUT2D eigenvalue weighted by Gasteiger charge is 2.38. The van der Waals surface area contributed by atoms with Gasteiger partial charge >= 0.3 is 30.2 Å². The summed E-state index contributed by atoms with van der Waals surface area (Å²) in [6.45, 7) is 5.66. The number of hydrogen-bond donors (Lipinski definition) is 10. The minimum Gasteiger partial charge on any atom is -0.506 e. The number of aliphatic carboxylic acids is 1. The molecular formula is C56H54F3N13O11S. The van der Waals surface area contributed by atoms with Crippen LogP contribution in [0.3, 0.4) is 0 Å². The Morgan fingerprint density at radius 1 is 0.762 bits per heavy atom. The number of ether oxygens (including phenoxy) is 3. The van der Waals surface area contributed by atoms with Gasteiger partial charge in [0.25, 0.3) is 5.91 Å². The smallest absolute Gasteiger partial charge is 0.490 e. The highest BCUT2D eigenvalue weighted by atomic mass is 32.2. The van der Waals surface area contributed by atoms with Crippen molar-refractivity contribution in [3.8, 4) is 11.5 Å². The van der Waals surface area contributed by atoms with Crippen molar-refractivity contribution in [2.75, 3.05) is 73.9 Å². The molecule has 0 aliphatic carbocycles. The lowest BCUT2D eigenvalue weighted by Crippen LogP contribution is -2.25. The second-order valence-electron chi connectivity index (χ2n) is 17.9. The van der Waals surface area contributed by atoms with Crippen molar-refractivity contribution in [3.05, 3.63) is 166 Å². The summed E-state index contributed by atoms with van der Waals surface area (Å²) in [5, 5.41) is 57.9. The van der Waals surface area contributed by atoms with Crippen LogP contribution in [0, 0.1) is 0 Å². The number of carboxylic acids is 1. The Morgan fingerprint density at radius 3 is 1.90 bits per heavy atom. The summed E-state index contributed by atoms with van der Waals surface area (Å²) < 4.78 is 50.0. The molecule has 10 N–H and O–H groups in total. The second kappa shape index (κ2) is 28.5. The number of nitrogens with one attached hydrogen (secondary N) is 7. The number of nitrogens with zero attached hydrogens (tertiary/aromatic N) is 6. The van der Waals surface area contributed by atoms with Crippen LogP contribution in [0.1, 0.15) is 39.7 Å². The van der Waals surface area contributed by atoms with Crippen LogP contribution in [0.5, 0.6) is 11.5 Å². The average molecular weight is 1170 g/mol. The Bertz CT molecular complexity index is 3440. The quantitative estimate of drug-likeness (QED) is 0.0257. The first-order valence-electron chi connectivity index (χ1n) is 25.7. The van der Waals surface area contributed by atoms with Crippen molar-refractivity contribution in [2.45, 2.75) is 26.2 Å². The van der Waals surface area contributed by atoms with E-state index in [1.165, 1.54) is 24.3 Å². The molecule has 28 heteroatoms. The van der Waals surface area contributed by atoms with Gasteiger partial charge in [-0.25, -0.2) is 28.9 Å². The largest absolute Gasteiger partial charge is 0.506 e. The van der Waals surface area contributed by atoms with Crippen LogP contribution in [0.2, 0.25) is 0 Å². The Balaban J connectivity index is 0.00000124. The summed E-state index contributed by atoms with van der Waals surface area (Å²) >= 11 is 1.11. The minimum atomic E-state index is -5.08. The number of halogens is 3. The Morgan fingerprint density at radius 2 is 1.36 bits per heavy atom. The van der Waals surface area contributed by atoms with Crippen LogP contribution >= 0.6 is 11.8 Å². The molecule has 5 amide bonds. The lowest BCUT2D eigenvalue weighted by molar-refractivity contribution is -0.192. The zero-order valence-electron chi connectivity index (χ0n) is 44.5. The molecule has 436 valence electrons. The van der Waals surface area contributed by atoms with Gasteiger partial charge in [-0.1, -0.05) is 41.2 Å². The molecule has 9 rings (SSSR count). The summed E-state index contributed by atoms with van der Waals surface area (Å²) in [4.78, 5) is 75.5. The first-order chi connectivity index (χ1) is 40.5. The van der Waals surface area contributed by atoms with Gasteiger partial charge in [0.1, 0.15) is 40.3 Å². The van der Waals surface area contributed by atoms with Crippen LogP contribution in [-0.4, -0.2) is 136 Å². The molecule has 3 aliphatic rings. The van der Waals surface area contributed by atoms with Gasteiger partial charge in [-0.3, -0.25) is 14.8 Å². The van der Waals surface area contributed by atoms with Gasteiger partial charge in [0.2, 0.25) is 0 Å². The Labute approximate surface area is 481 Å². The third-order valence-corrected chi connectivity index (χ3v) is 12.8. The zero-order valence-corrected chi connectivity index (χ0v) is 45.3. The van der Waals surface area contributed by atoms with E-state index in [0.717, 1.165) is 47.6 Å². The molecule has 0 radical (unpaired) electrons. The van der Waals surface area contributed by atoms with Crippen molar-refractivity contribution in [3.63, 3.8) is 0 Å². The fraction of sp³-hybridized carbons (Fsp3) is 0.214. The highest BCUT2D eigenvalue weighted by Crippen LogP contribution is 2.41. The van der Waals surface area contributed by atoms with E-state index in [2.05, 4.69) is 62.5 Å². The number of carbonyl (C=O) groups excluding carboxylic acids is 4. The molecule has 4 heterocycles. The number of aliphatic hydroxyl groups excluding tert-OH is 1. The number of aromatic nitrogens is 3. The highest BCUT2D eigenvalue weighted by molar-refractivity contribution is 8.18. The molecule has 5 aromatic carbocycles. The van der Waals surface area contributed by atoms with Crippen molar-refractivity contribution < 1.29 is 66.7 Å². The maximum absolute atomic E-state index is 13.6. The molecule has 0 fully saturated rings. The van der Waals surface area contributed by atoms with Gasteiger partial charge in [-0.2, -0.15) is 13.2 Å². The molecule has 84 heavy (non-hydrogen) atoms. The number of aliphatic hydroxyl groups is 1. The van der Waals surface area contributed by atoms with Crippen molar-refractivity contribution in [1.82, 2.24) is 30.9 Å². The van der Waals surface area contributed by atoms with E-state index < -0.39 is 36.1 Å². The third kappa shape index (κ3) is 17.2. The van der Waals surface area contributed by atoms with Gasteiger partial charge in [0.05, 0.1) is 62.8 Å². The minimum absolute atomic E-state index is 0.0130. The van der Waals surface area contributed by atoms with E-state index in [0.29, 0.717) is 57.9 Å². The molecule has 0 unspecified atom stereocenters. The lowest BCUT2D eigenvalue weighted by Gasteiger charge is -2.14. The van der Waals surface area contributed by atoms with E-state index in [1.807, 2.05) is 42.5 Å². The Kier molecular flexibility index (Phi) is 20.3. The number of para-hydroxylation sites is 1. The molecule has 0 bridgehead atoms. The number of esters is 1. The van der Waals surface area contributed by atoms with Gasteiger partial charge < -0.3 is 66.7 Å². The number of urea groups is 2. The number of amides is 5. The standard InChI is InChI=1S/C54H53N13O9S.C2HF3O2/c1-2-75-52(71)46-47(69)45(77-51(46)60-37-6-4-3-5-7-37)27-33-8-17-44(43(68)26-33)76-25-24-74-23-22-67-32-42(65-66-67)31-59-50(70)36-28-40(63-53(72)61-38-13-9-34(10-14-38)48-55-18-19-56-48)30-41(29-36)64-54(73)62-39-15-11-35(12-16-39)49-57-20-21-58-49;3-2(4,5)1(6)7/h3-17,26-30,32,68-69H,2,18-25,31H2,1H3,(H,55,56)(H,57,58)(H,59,70)(H2,61,63,72)(H2,62,64,73);(H,6,7)/b45-27-,60-51?;. The molecule has 0 saturated carbocycles. The third-order valence-electron chi connectivity index (χ3n) is 11.7. The number of hydrogen-bond acceptors (Lipinski definition) is 18. The van der Waals surface area contributed by atoms with Gasteiger partial charge in [-0.15, -0.1) is 5.10 Å². The molecule has 1 aromatic heterocycles. The molecule has 0 saturated heterocycles. The molecular weight excluding hydrogens is 1120 g/mol. The van der Waals surface area contributed by atoms with E-state index in [1.54, 1.807) is 72.4 Å². The van der Waals surface area contributed by atoms with Gasteiger partial charge in [0.15, 0.2) is 11.5 Å². The monoisotopic (exact) mass is 1170 g/mol. The van der Waals surface area contributed by atoms with Crippen LogP contribution < -0.4 is 42.0 Å². The van der Waals surface area contributed by atoms with Crippen molar-refractivity contribution in [1.29, 1.82) is 0 Å². The zero-order chi connectivity index (χ0) is 59.6. The summed E-state index contributed by atoms with van der Waals surface area (Å²) in [7, 11) is 0. The summed E-state index contributed by atoms with van der Waals surface area (Å²) in [5.41, 5.74) is 5.03. The second-order valence-corrected chi connectivity index (χ2v) is 18.9. The van der Waals surface area contributed by atoms with Gasteiger partial charge in [0, 0.05) is 52.5 Å². The first-order valence-corrected chi connectivity index (χ1v) is 26.5. The predicted molar refractivity (Wildman–Crippen MR) is 308 cm³/mol. The SMILES string of the molecule is CCOC(=O)C1=C(O)/C(=C/c2ccc(OCCOCCn3cc(CNC(=O)c4cc(NC(=O)Nc5ccc(C6=NCCN6)cc5)cc(NC(=O)Nc5ccc(C6=NCCN6)cc5)c4)nn3)c(O)c2)SC1=Nc1ccccc1.O=C(O)C(F)(F)F. The number of alkyl halides is 3. The van der Waals surface area contributed by atoms with Gasteiger partial charge in [-0.05, 0) is 110 Å². The summed E-state index contributed by atoms with van der Waals surface area (Å²) in [6.07, 6.45) is -1.79. The lowest BCUT2D eigenvalue weighted by atomic mass is 10.1. The first kappa shape index (κ1) is 59.9. The number of carboxylic acid groups (broad SMARTS) is 1. The average Bonchev–Trinajstić information content (AvgIpc) is 3.79. The number of phenolic OH excluding ortho intramolecular Hbond substituents is 1. The summed E-state index contributed by atoms with van der Waals surface area (Å²) in [5.74, 6) is -2.56. The van der Waals surface area contributed by atoms with Crippen LogP contribution in [0.4, 0.5) is 51.2 Å². The van der Waals surface area contributed by atoms with Crippen molar-refractivity contribution in [2.24, 2.45) is 15.0 Å². The number of aromatic hydroxyl groups is 1. The number of aliphatic imine (C=N–C) groups is 3. The Hall–Kier alpha value is -10.2. The van der Waals surface area contributed by atoms with E-state index >= 15 is 0 Å². The van der Waals surface area contributed by atoms with Crippen molar-refractivity contribution >= 4 is 92.9 Å². The number of benzene rings is 5. The number of anilines is 4. The number of phenols is 1. The fourth-order valence-corrected chi connectivity index (χ4v) is 8.91. The number of rotatable bonds is 20. The van der Waals surface area contributed by atoms with E-state index in [9.17, 15) is 42.6 Å². The molecule has 0 atom stereocenters. The fourth-order valence-electron chi connectivity index (χ4n) is 7.88. The van der Waals surface area contributed by atoms with E-state index in [4.69, 9.17) is 24.1 Å². The number of thioether (sulfide) groups is 1. The number of amidine groups is 2. The molecule has 3 aliphatic heterocycles. The van der Waals surface area contributed by atoms with Crippen LogP contribution in [0.15, 0.2) is 153 Å². The normalized spacial score (nSPS) is 14.5. The maximum atomic E-state index is 13.6. The van der Waals surface area contributed by atoms with Crippen LogP contribution in [0.25, 0.3) is 6.08 Å². The topological polar surface area (TPSA) is 326 Å². The molecule has 24 nitrogen and oxygen atoms in total. The number of carbonyl (C=O) groups is 5.